The van der Waals surface area contributed by atoms with E-state index in [4.69, 9.17) is 0 Å². The van der Waals surface area contributed by atoms with Gasteiger partial charge in [-0.2, -0.15) is 0 Å². The SMILES string of the molecule is CN1CC[N+](C)(C)CC1.CN1CC[N+](C)(C)CC1.[Cl-].[Cl-]. The minimum absolute atomic E-state index is 0. The van der Waals surface area contributed by atoms with Crippen LogP contribution in [0.3, 0.4) is 0 Å². The average molecular weight is 329 g/mol. The van der Waals surface area contributed by atoms with Crippen LogP contribution < -0.4 is 24.8 Å². The van der Waals surface area contributed by atoms with E-state index in [1.165, 1.54) is 61.3 Å². The first-order valence-electron chi connectivity index (χ1n) is 7.21. The number of rotatable bonds is 0. The summed E-state index contributed by atoms with van der Waals surface area (Å²) >= 11 is 0. The lowest BCUT2D eigenvalue weighted by molar-refractivity contribution is -0.894. The summed E-state index contributed by atoms with van der Waals surface area (Å²) < 4.78 is 2.40. The Kier molecular flexibility index (Phi) is 10.7. The number of quaternary nitrogens is 2. The van der Waals surface area contributed by atoms with E-state index in [9.17, 15) is 0 Å². The fourth-order valence-corrected chi connectivity index (χ4v) is 2.21. The molecule has 0 saturated carbocycles. The summed E-state index contributed by atoms with van der Waals surface area (Å²) in [7, 11) is 13.6. The second-order valence-electron chi connectivity index (χ2n) is 7.37. The second-order valence-corrected chi connectivity index (χ2v) is 7.37. The fourth-order valence-electron chi connectivity index (χ4n) is 2.21. The van der Waals surface area contributed by atoms with Crippen molar-refractivity contribution in [2.45, 2.75) is 0 Å². The summed E-state index contributed by atoms with van der Waals surface area (Å²) in [5.74, 6) is 0. The van der Waals surface area contributed by atoms with E-state index in [2.05, 4.69) is 52.1 Å². The smallest absolute Gasteiger partial charge is 0.0912 e. The Hall–Kier alpha value is 0.420. The van der Waals surface area contributed by atoms with Gasteiger partial charge < -0.3 is 33.8 Å². The van der Waals surface area contributed by atoms with E-state index in [0.717, 1.165) is 0 Å². The zero-order valence-corrected chi connectivity index (χ0v) is 15.7. The van der Waals surface area contributed by atoms with E-state index < -0.39 is 0 Å². The van der Waals surface area contributed by atoms with Crippen molar-refractivity contribution < 1.29 is 33.8 Å². The lowest BCUT2D eigenvalue weighted by atomic mass is 10.3. The van der Waals surface area contributed by atoms with Crippen LogP contribution in [0.1, 0.15) is 0 Å². The molecule has 0 aromatic rings. The van der Waals surface area contributed by atoms with Gasteiger partial charge >= 0.3 is 0 Å². The van der Waals surface area contributed by atoms with Crippen molar-refractivity contribution in [2.24, 2.45) is 0 Å². The molecule has 124 valence electrons. The molecule has 4 nitrogen and oxygen atoms in total. The highest BCUT2D eigenvalue weighted by Gasteiger charge is 2.21. The first-order chi connectivity index (χ1) is 8.20. The Morgan fingerprint density at radius 1 is 0.550 bits per heavy atom. The third-order valence-electron chi connectivity index (χ3n) is 4.35. The molecule has 2 rings (SSSR count). The first kappa shape index (κ1) is 22.7. The van der Waals surface area contributed by atoms with Gasteiger partial charge in [0.1, 0.15) is 0 Å². The van der Waals surface area contributed by atoms with Gasteiger partial charge in [-0.25, -0.2) is 0 Å². The van der Waals surface area contributed by atoms with Gasteiger partial charge in [0.15, 0.2) is 0 Å². The van der Waals surface area contributed by atoms with E-state index >= 15 is 0 Å². The quantitative estimate of drug-likeness (QED) is 0.409. The molecule has 0 unspecified atom stereocenters. The van der Waals surface area contributed by atoms with E-state index in [-0.39, 0.29) is 24.8 Å². The molecule has 0 bridgehead atoms. The third-order valence-corrected chi connectivity index (χ3v) is 4.35. The summed E-state index contributed by atoms with van der Waals surface area (Å²) in [4.78, 5) is 4.78. The molecule has 0 aliphatic carbocycles. The molecule has 6 heteroatoms. The summed E-state index contributed by atoms with van der Waals surface area (Å²) in [6.45, 7) is 10.2. The molecule has 0 atom stereocenters. The van der Waals surface area contributed by atoms with E-state index in [1.807, 2.05) is 0 Å². The van der Waals surface area contributed by atoms with Crippen molar-refractivity contribution in [3.05, 3.63) is 0 Å². The van der Waals surface area contributed by atoms with Crippen molar-refractivity contribution in [2.75, 3.05) is 94.6 Å². The van der Waals surface area contributed by atoms with Crippen LogP contribution in [-0.4, -0.2) is 113 Å². The normalized spacial score (nSPS) is 25.5. The summed E-state index contributed by atoms with van der Waals surface area (Å²) in [5, 5.41) is 0. The Balaban J connectivity index is 0. The van der Waals surface area contributed by atoms with Crippen LogP contribution in [0.15, 0.2) is 0 Å². The molecule has 0 N–H and O–H groups in total. The van der Waals surface area contributed by atoms with Crippen LogP contribution in [0.25, 0.3) is 0 Å². The fraction of sp³-hybridized carbons (Fsp3) is 1.00. The molecule has 2 heterocycles. The second kappa shape index (κ2) is 9.44. The third kappa shape index (κ3) is 9.37. The first-order valence-corrected chi connectivity index (χ1v) is 7.21. The molecule has 0 aromatic heterocycles. The van der Waals surface area contributed by atoms with Crippen molar-refractivity contribution in [1.29, 1.82) is 0 Å². The van der Waals surface area contributed by atoms with E-state index in [0.29, 0.717) is 0 Å². The highest BCUT2D eigenvalue weighted by Crippen LogP contribution is 2.03. The Bertz CT molecular complexity index is 214. The van der Waals surface area contributed by atoms with Crippen molar-refractivity contribution in [3.63, 3.8) is 0 Å². The number of nitrogens with zero attached hydrogens (tertiary/aromatic N) is 4. The van der Waals surface area contributed by atoms with Crippen LogP contribution in [-0.2, 0) is 0 Å². The molecule has 2 aliphatic rings. The predicted molar refractivity (Wildman–Crippen MR) is 78.7 cm³/mol. The van der Waals surface area contributed by atoms with Crippen LogP contribution in [0.5, 0.6) is 0 Å². The van der Waals surface area contributed by atoms with Crippen LogP contribution in [0, 0.1) is 0 Å². The van der Waals surface area contributed by atoms with Gasteiger partial charge in [-0.1, -0.05) is 0 Å². The van der Waals surface area contributed by atoms with Crippen molar-refractivity contribution in [1.82, 2.24) is 9.80 Å². The highest BCUT2D eigenvalue weighted by molar-refractivity contribution is 4.56. The molecule has 0 amide bonds. The lowest BCUT2D eigenvalue weighted by Crippen LogP contribution is -3.00. The van der Waals surface area contributed by atoms with Crippen LogP contribution >= 0.6 is 0 Å². The van der Waals surface area contributed by atoms with Gasteiger partial charge in [-0.3, -0.25) is 9.80 Å². The number of hydrogen-bond acceptors (Lipinski definition) is 2. The maximum Gasteiger partial charge on any atom is 0.0912 e. The van der Waals surface area contributed by atoms with Crippen LogP contribution in [0.4, 0.5) is 0 Å². The molecule has 2 fully saturated rings. The van der Waals surface area contributed by atoms with Crippen molar-refractivity contribution in [3.8, 4) is 0 Å². The highest BCUT2D eigenvalue weighted by atomic mass is 35.5. The number of piperazine rings is 2. The molecular formula is C14H34Cl2N4. The zero-order chi connectivity index (χ0) is 13.8. The Morgan fingerprint density at radius 2 is 0.750 bits per heavy atom. The van der Waals surface area contributed by atoms with Crippen molar-refractivity contribution >= 4 is 0 Å². The van der Waals surface area contributed by atoms with Crippen LogP contribution in [0.2, 0.25) is 0 Å². The Labute approximate surface area is 138 Å². The summed E-state index contributed by atoms with van der Waals surface area (Å²) in [6, 6.07) is 0. The Morgan fingerprint density at radius 3 is 0.900 bits per heavy atom. The molecule has 0 radical (unpaired) electrons. The topological polar surface area (TPSA) is 6.48 Å². The predicted octanol–water partition coefficient (Wildman–Crippen LogP) is -5.98. The molecule has 0 aromatic carbocycles. The largest absolute Gasteiger partial charge is 1.00 e. The molecular weight excluding hydrogens is 295 g/mol. The van der Waals surface area contributed by atoms with Gasteiger partial charge in [-0.15, -0.1) is 0 Å². The summed E-state index contributed by atoms with van der Waals surface area (Å²) in [6.07, 6.45) is 0. The van der Waals surface area contributed by atoms with E-state index in [1.54, 1.807) is 0 Å². The maximum absolute atomic E-state index is 2.39. The average Bonchev–Trinajstić information content (AvgIpc) is 2.28. The van der Waals surface area contributed by atoms with Gasteiger partial charge in [0.25, 0.3) is 0 Å². The lowest BCUT2D eigenvalue weighted by Gasteiger charge is -2.37. The zero-order valence-electron chi connectivity index (χ0n) is 14.2. The maximum atomic E-state index is 2.39. The van der Waals surface area contributed by atoms with Gasteiger partial charge in [0, 0.05) is 26.2 Å². The molecule has 20 heavy (non-hydrogen) atoms. The molecule has 0 spiro atoms. The number of hydrogen-bond donors (Lipinski definition) is 0. The summed E-state index contributed by atoms with van der Waals surface area (Å²) in [5.41, 5.74) is 0. The minimum atomic E-state index is 0. The molecule has 2 saturated heterocycles. The van der Waals surface area contributed by atoms with Gasteiger partial charge in [-0.05, 0) is 14.1 Å². The number of likely N-dealkylation sites (N-methyl/N-ethyl adjacent to an activating group) is 4. The number of halogens is 2. The van der Waals surface area contributed by atoms with Gasteiger partial charge in [0.2, 0.25) is 0 Å². The standard InChI is InChI=1S/2C7H17N2.2ClH/c2*1-8-4-6-9(2,3)7-5-8;;/h2*4-7H2,1-3H3;2*1H/q2*+1;;/p-2. The van der Waals surface area contributed by atoms with Gasteiger partial charge in [0.05, 0.1) is 54.4 Å². The minimum Gasteiger partial charge on any atom is -1.00 e. The monoisotopic (exact) mass is 328 g/mol. The molecule has 2 aliphatic heterocycles.